The number of benzene rings is 2. The summed E-state index contributed by atoms with van der Waals surface area (Å²) in [6, 6.07) is 17.5. The van der Waals surface area contributed by atoms with Crippen LogP contribution in [0.15, 0.2) is 76.5 Å². The van der Waals surface area contributed by atoms with Crippen molar-refractivity contribution in [1.82, 2.24) is 15.6 Å². The van der Waals surface area contributed by atoms with Gasteiger partial charge < -0.3 is 25.4 Å². The summed E-state index contributed by atoms with van der Waals surface area (Å²) in [7, 11) is 1.75. The van der Waals surface area contributed by atoms with E-state index in [-0.39, 0.29) is 35.6 Å². The average molecular weight is 557 g/mol. The molecule has 0 aliphatic rings. The molecule has 2 heterocycles. The van der Waals surface area contributed by atoms with Crippen LogP contribution in [0.4, 0.5) is 5.69 Å². The van der Waals surface area contributed by atoms with Gasteiger partial charge in [0.05, 0.1) is 6.26 Å². The third kappa shape index (κ3) is 6.38. The fraction of sp³-hybridized carbons (Fsp3) is 0.200. The Morgan fingerprint density at radius 3 is 2.76 bits per heavy atom. The first-order valence-corrected chi connectivity index (χ1v) is 10.6. The van der Waals surface area contributed by atoms with Gasteiger partial charge in [-0.05, 0) is 60.4 Å². The number of halogens is 1. The number of carbonyl (C=O) groups is 1. The van der Waals surface area contributed by atoms with E-state index >= 15 is 0 Å². The van der Waals surface area contributed by atoms with E-state index in [0.717, 1.165) is 24.5 Å². The number of aryl methyl sites for hydroxylation is 1. The van der Waals surface area contributed by atoms with Gasteiger partial charge in [-0.1, -0.05) is 24.3 Å². The highest BCUT2D eigenvalue weighted by Gasteiger charge is 2.09. The molecule has 0 saturated heterocycles. The molecule has 1 amide bonds. The van der Waals surface area contributed by atoms with Crippen LogP contribution in [0.2, 0.25) is 0 Å². The number of amides is 1. The SMILES string of the molecule is CN=C(NCCc1c[nH]c2cc(C)ccc12)NCc1cccc(NC(=O)c2ccco2)c1.I. The highest BCUT2D eigenvalue weighted by molar-refractivity contribution is 14.0. The third-order valence-electron chi connectivity index (χ3n) is 5.22. The summed E-state index contributed by atoms with van der Waals surface area (Å²) in [6.07, 6.45) is 4.44. The van der Waals surface area contributed by atoms with Gasteiger partial charge in [0.1, 0.15) is 0 Å². The van der Waals surface area contributed by atoms with Gasteiger partial charge in [0.15, 0.2) is 11.7 Å². The minimum Gasteiger partial charge on any atom is -0.459 e. The lowest BCUT2D eigenvalue weighted by atomic mass is 10.1. The second kappa shape index (κ2) is 11.6. The Hall–Kier alpha value is -3.27. The molecule has 172 valence electrons. The highest BCUT2D eigenvalue weighted by Crippen LogP contribution is 2.19. The van der Waals surface area contributed by atoms with Crippen LogP contribution in [0.3, 0.4) is 0 Å². The lowest BCUT2D eigenvalue weighted by molar-refractivity contribution is 0.0996. The fourth-order valence-electron chi connectivity index (χ4n) is 3.59. The molecule has 0 fully saturated rings. The molecule has 0 spiro atoms. The molecule has 0 atom stereocenters. The minimum absolute atomic E-state index is 0. The molecular formula is C25H28IN5O2. The lowest BCUT2D eigenvalue weighted by Crippen LogP contribution is -2.37. The van der Waals surface area contributed by atoms with Gasteiger partial charge in [-0.2, -0.15) is 0 Å². The molecule has 2 aromatic heterocycles. The van der Waals surface area contributed by atoms with E-state index in [1.165, 1.54) is 28.3 Å². The average Bonchev–Trinajstić information content (AvgIpc) is 3.47. The zero-order valence-electron chi connectivity index (χ0n) is 18.6. The standard InChI is InChI=1S/C25H27N5O2.HI/c1-17-8-9-21-19(16-28-22(21)13-17)10-11-27-25(26-2)29-15-18-5-3-6-20(14-18)30-24(31)23-7-4-12-32-23;/h3-9,12-14,16,28H,10-11,15H2,1-2H3,(H,30,31)(H2,26,27,29);1H. The van der Waals surface area contributed by atoms with Gasteiger partial charge >= 0.3 is 0 Å². The zero-order chi connectivity index (χ0) is 22.3. The van der Waals surface area contributed by atoms with Crippen molar-refractivity contribution in [2.45, 2.75) is 19.9 Å². The minimum atomic E-state index is -0.273. The number of aliphatic imine (C=N–C) groups is 1. The maximum absolute atomic E-state index is 12.2. The Morgan fingerprint density at radius 1 is 1.09 bits per heavy atom. The summed E-state index contributed by atoms with van der Waals surface area (Å²) < 4.78 is 5.13. The molecule has 4 rings (SSSR count). The molecule has 4 N–H and O–H groups in total. The molecule has 4 aromatic rings. The van der Waals surface area contributed by atoms with Crippen LogP contribution in [0.25, 0.3) is 10.9 Å². The first-order valence-electron chi connectivity index (χ1n) is 10.6. The van der Waals surface area contributed by atoms with E-state index in [9.17, 15) is 4.79 Å². The summed E-state index contributed by atoms with van der Waals surface area (Å²) in [5, 5.41) is 10.8. The molecule has 33 heavy (non-hydrogen) atoms. The number of rotatable bonds is 7. The number of guanidine groups is 1. The number of hydrogen-bond donors (Lipinski definition) is 4. The van der Waals surface area contributed by atoms with E-state index < -0.39 is 0 Å². The molecule has 0 aliphatic heterocycles. The summed E-state index contributed by atoms with van der Waals surface area (Å²) >= 11 is 0. The van der Waals surface area contributed by atoms with Gasteiger partial charge in [0, 0.05) is 42.9 Å². The third-order valence-corrected chi connectivity index (χ3v) is 5.22. The van der Waals surface area contributed by atoms with Gasteiger partial charge in [0.25, 0.3) is 5.91 Å². The van der Waals surface area contributed by atoms with Crippen LogP contribution >= 0.6 is 24.0 Å². The van der Waals surface area contributed by atoms with Gasteiger partial charge in [0.2, 0.25) is 0 Å². The number of aromatic amines is 1. The maximum Gasteiger partial charge on any atom is 0.291 e. The van der Waals surface area contributed by atoms with Crippen LogP contribution < -0.4 is 16.0 Å². The largest absolute Gasteiger partial charge is 0.459 e. The number of nitrogens with one attached hydrogen (secondary N) is 4. The summed E-state index contributed by atoms with van der Waals surface area (Å²) in [5.41, 5.74) is 5.43. The Bertz CT molecular complexity index is 1230. The van der Waals surface area contributed by atoms with Crippen molar-refractivity contribution < 1.29 is 9.21 Å². The van der Waals surface area contributed by atoms with Crippen LogP contribution in [-0.2, 0) is 13.0 Å². The zero-order valence-corrected chi connectivity index (χ0v) is 21.0. The second-order valence-electron chi connectivity index (χ2n) is 7.60. The molecule has 0 saturated carbocycles. The number of furan rings is 1. The highest BCUT2D eigenvalue weighted by atomic mass is 127. The van der Waals surface area contributed by atoms with Crippen molar-refractivity contribution in [3.05, 3.63) is 89.5 Å². The topological polar surface area (TPSA) is 94.5 Å². The first kappa shape index (κ1) is 24.4. The first-order chi connectivity index (χ1) is 15.6. The van der Waals surface area contributed by atoms with E-state index in [0.29, 0.717) is 12.2 Å². The molecular weight excluding hydrogens is 529 g/mol. The summed E-state index contributed by atoms with van der Waals surface area (Å²) in [4.78, 5) is 19.8. The quantitative estimate of drug-likeness (QED) is 0.149. The maximum atomic E-state index is 12.2. The number of H-pyrrole nitrogens is 1. The van der Waals surface area contributed by atoms with E-state index in [1.54, 1.807) is 19.2 Å². The van der Waals surface area contributed by atoms with Crippen molar-refractivity contribution in [2.24, 2.45) is 4.99 Å². The molecule has 0 unspecified atom stereocenters. The Kier molecular flexibility index (Phi) is 8.53. The van der Waals surface area contributed by atoms with Gasteiger partial charge in [-0.3, -0.25) is 9.79 Å². The van der Waals surface area contributed by atoms with E-state index in [1.807, 2.05) is 24.3 Å². The Balaban J connectivity index is 0.00000306. The lowest BCUT2D eigenvalue weighted by Gasteiger charge is -2.12. The van der Waals surface area contributed by atoms with Crippen LogP contribution in [-0.4, -0.2) is 30.4 Å². The van der Waals surface area contributed by atoms with Crippen molar-refractivity contribution in [3.63, 3.8) is 0 Å². The Labute approximate surface area is 210 Å². The molecule has 0 bridgehead atoms. The molecule has 2 aromatic carbocycles. The van der Waals surface area contributed by atoms with Gasteiger partial charge in [-0.25, -0.2) is 0 Å². The summed E-state index contributed by atoms with van der Waals surface area (Å²) in [5.74, 6) is 0.735. The number of anilines is 1. The molecule has 7 nitrogen and oxygen atoms in total. The van der Waals surface area contributed by atoms with Crippen molar-refractivity contribution in [2.75, 3.05) is 18.9 Å². The number of hydrogen-bond acceptors (Lipinski definition) is 3. The van der Waals surface area contributed by atoms with Crippen molar-refractivity contribution in [3.8, 4) is 0 Å². The van der Waals surface area contributed by atoms with Crippen LogP contribution in [0.1, 0.15) is 27.2 Å². The Morgan fingerprint density at radius 2 is 1.97 bits per heavy atom. The predicted octanol–water partition coefficient (Wildman–Crippen LogP) is 4.85. The monoisotopic (exact) mass is 557 g/mol. The van der Waals surface area contributed by atoms with E-state index in [4.69, 9.17) is 4.42 Å². The van der Waals surface area contributed by atoms with Crippen LogP contribution in [0.5, 0.6) is 0 Å². The number of fused-ring (bicyclic) bond motifs is 1. The van der Waals surface area contributed by atoms with Crippen LogP contribution in [0, 0.1) is 6.92 Å². The number of carbonyl (C=O) groups excluding carboxylic acids is 1. The van der Waals surface area contributed by atoms with Crippen molar-refractivity contribution >= 4 is 52.4 Å². The van der Waals surface area contributed by atoms with Gasteiger partial charge in [-0.15, -0.1) is 24.0 Å². The second-order valence-corrected chi connectivity index (χ2v) is 7.60. The smallest absolute Gasteiger partial charge is 0.291 e. The number of aromatic nitrogens is 1. The normalized spacial score (nSPS) is 11.2. The molecule has 0 radical (unpaired) electrons. The number of nitrogens with zero attached hydrogens (tertiary/aromatic N) is 1. The molecule has 0 aliphatic carbocycles. The van der Waals surface area contributed by atoms with Crippen molar-refractivity contribution in [1.29, 1.82) is 0 Å². The summed E-state index contributed by atoms with van der Waals surface area (Å²) in [6.45, 7) is 3.44. The molecule has 8 heteroatoms. The van der Waals surface area contributed by atoms with E-state index in [2.05, 4.69) is 57.2 Å². The predicted molar refractivity (Wildman–Crippen MR) is 143 cm³/mol. The fourth-order valence-corrected chi connectivity index (χ4v) is 3.59.